The van der Waals surface area contributed by atoms with Crippen LogP contribution in [0.1, 0.15) is 40.5 Å². The van der Waals surface area contributed by atoms with Gasteiger partial charge in [-0.1, -0.05) is 11.8 Å². The van der Waals surface area contributed by atoms with E-state index in [9.17, 15) is 4.79 Å². The number of ether oxygens (including phenoxy) is 1. The van der Waals surface area contributed by atoms with E-state index in [4.69, 9.17) is 4.74 Å². The van der Waals surface area contributed by atoms with Crippen LogP contribution in [0.5, 0.6) is 0 Å². The van der Waals surface area contributed by atoms with E-state index in [0.717, 1.165) is 23.8 Å². The molecule has 0 fully saturated rings. The standard InChI is InChI=1S/C13H24N4O2S/c1-5-19-11(18)13(4,16-10(2)3)7-6-8-20-12-14-9-15-17-12/h9-10,16H,5-8H2,1-4H3,(H,14,15,17). The first-order valence-corrected chi connectivity index (χ1v) is 7.89. The lowest BCUT2D eigenvalue weighted by Gasteiger charge is -2.30. The summed E-state index contributed by atoms with van der Waals surface area (Å²) in [5, 5.41) is 10.7. The molecule has 0 saturated carbocycles. The summed E-state index contributed by atoms with van der Waals surface area (Å²) in [7, 11) is 0. The number of aromatic nitrogens is 3. The fourth-order valence-electron chi connectivity index (χ4n) is 2.02. The molecule has 6 nitrogen and oxygen atoms in total. The second-order valence-corrected chi connectivity index (χ2v) is 6.18. The zero-order valence-corrected chi connectivity index (χ0v) is 13.4. The lowest BCUT2D eigenvalue weighted by molar-refractivity contribution is -0.151. The number of rotatable bonds is 9. The molecule has 1 aromatic heterocycles. The number of H-pyrrole nitrogens is 1. The molecule has 7 heteroatoms. The van der Waals surface area contributed by atoms with E-state index < -0.39 is 5.54 Å². The van der Waals surface area contributed by atoms with E-state index in [1.165, 1.54) is 6.33 Å². The maximum Gasteiger partial charge on any atom is 0.326 e. The second kappa shape index (κ2) is 8.26. The number of carbonyl (C=O) groups excluding carboxylic acids is 1. The highest BCUT2D eigenvalue weighted by Crippen LogP contribution is 2.20. The highest BCUT2D eigenvalue weighted by molar-refractivity contribution is 7.99. The van der Waals surface area contributed by atoms with E-state index >= 15 is 0 Å². The summed E-state index contributed by atoms with van der Waals surface area (Å²) < 4.78 is 5.17. The minimum absolute atomic E-state index is 0.182. The van der Waals surface area contributed by atoms with Gasteiger partial charge >= 0.3 is 5.97 Å². The summed E-state index contributed by atoms with van der Waals surface area (Å²) in [5.74, 6) is 0.697. The lowest BCUT2D eigenvalue weighted by atomic mass is 9.95. The van der Waals surface area contributed by atoms with E-state index in [-0.39, 0.29) is 12.0 Å². The van der Waals surface area contributed by atoms with Crippen molar-refractivity contribution < 1.29 is 9.53 Å². The Bertz CT molecular complexity index is 397. The number of hydrogen-bond donors (Lipinski definition) is 2. The molecule has 0 amide bonds. The van der Waals surface area contributed by atoms with E-state index in [0.29, 0.717) is 6.61 Å². The zero-order valence-electron chi connectivity index (χ0n) is 12.6. The number of hydrogen-bond acceptors (Lipinski definition) is 6. The molecule has 0 aliphatic heterocycles. The van der Waals surface area contributed by atoms with Crippen LogP contribution in [0.25, 0.3) is 0 Å². The Morgan fingerprint density at radius 2 is 2.35 bits per heavy atom. The van der Waals surface area contributed by atoms with Gasteiger partial charge in [0.1, 0.15) is 11.9 Å². The van der Waals surface area contributed by atoms with Crippen molar-refractivity contribution >= 4 is 17.7 Å². The molecule has 0 saturated heterocycles. The van der Waals surface area contributed by atoms with Crippen LogP contribution in [-0.4, -0.2) is 45.1 Å². The van der Waals surface area contributed by atoms with Crippen LogP contribution in [0.3, 0.4) is 0 Å². The Labute approximate surface area is 124 Å². The maximum absolute atomic E-state index is 12.1. The first-order chi connectivity index (χ1) is 9.48. The van der Waals surface area contributed by atoms with Crippen molar-refractivity contribution in [3.05, 3.63) is 6.33 Å². The maximum atomic E-state index is 12.1. The Balaban J connectivity index is 2.45. The van der Waals surface area contributed by atoms with Crippen LogP contribution < -0.4 is 5.32 Å². The Kier molecular flexibility index (Phi) is 7.01. The molecule has 0 aliphatic carbocycles. The molecule has 0 radical (unpaired) electrons. The number of nitrogens with zero attached hydrogens (tertiary/aromatic N) is 2. The molecule has 2 N–H and O–H groups in total. The molecule has 1 rings (SSSR count). The molecular formula is C13H24N4O2S. The largest absolute Gasteiger partial charge is 0.465 e. The third kappa shape index (κ3) is 5.50. The van der Waals surface area contributed by atoms with Gasteiger partial charge in [-0.15, -0.1) is 0 Å². The van der Waals surface area contributed by atoms with Crippen LogP contribution >= 0.6 is 11.8 Å². The summed E-state index contributed by atoms with van der Waals surface area (Å²) in [6.07, 6.45) is 3.11. The van der Waals surface area contributed by atoms with Gasteiger partial charge in [-0.3, -0.25) is 15.2 Å². The predicted molar refractivity (Wildman–Crippen MR) is 79.7 cm³/mol. The van der Waals surface area contributed by atoms with Gasteiger partial charge in [0.25, 0.3) is 0 Å². The van der Waals surface area contributed by atoms with Gasteiger partial charge in [0.2, 0.25) is 0 Å². The predicted octanol–water partition coefficient (Wildman–Crippen LogP) is 2.00. The molecule has 0 aromatic carbocycles. The lowest BCUT2D eigenvalue weighted by Crippen LogP contribution is -2.53. The average molecular weight is 300 g/mol. The van der Waals surface area contributed by atoms with Crippen molar-refractivity contribution in [2.75, 3.05) is 12.4 Å². The van der Waals surface area contributed by atoms with Crippen LogP contribution in [0.4, 0.5) is 0 Å². The molecule has 20 heavy (non-hydrogen) atoms. The van der Waals surface area contributed by atoms with Crippen LogP contribution in [-0.2, 0) is 9.53 Å². The van der Waals surface area contributed by atoms with Crippen molar-refractivity contribution in [2.24, 2.45) is 0 Å². The molecule has 0 bridgehead atoms. The van der Waals surface area contributed by atoms with Crippen LogP contribution in [0, 0.1) is 0 Å². The van der Waals surface area contributed by atoms with E-state index in [1.54, 1.807) is 11.8 Å². The van der Waals surface area contributed by atoms with Gasteiger partial charge in [-0.05, 0) is 40.5 Å². The summed E-state index contributed by atoms with van der Waals surface area (Å²) in [4.78, 5) is 16.2. The SMILES string of the molecule is CCOC(=O)C(C)(CCCSc1ncn[nH]1)NC(C)C. The number of esters is 1. The van der Waals surface area contributed by atoms with Gasteiger partial charge in [0.15, 0.2) is 5.16 Å². The van der Waals surface area contributed by atoms with E-state index in [2.05, 4.69) is 20.5 Å². The minimum atomic E-state index is -0.633. The highest BCUT2D eigenvalue weighted by Gasteiger charge is 2.34. The molecule has 0 spiro atoms. The van der Waals surface area contributed by atoms with Gasteiger partial charge in [0.05, 0.1) is 6.61 Å². The third-order valence-electron chi connectivity index (χ3n) is 2.79. The number of nitrogens with one attached hydrogen (secondary N) is 2. The number of thioether (sulfide) groups is 1. The van der Waals surface area contributed by atoms with Crippen LogP contribution in [0.2, 0.25) is 0 Å². The molecule has 114 valence electrons. The van der Waals surface area contributed by atoms with Gasteiger partial charge in [0, 0.05) is 11.8 Å². The fourth-order valence-corrected chi connectivity index (χ4v) is 2.74. The Hall–Kier alpha value is -1.08. The summed E-state index contributed by atoms with van der Waals surface area (Å²) in [5.41, 5.74) is -0.633. The summed E-state index contributed by atoms with van der Waals surface area (Å²) in [6, 6.07) is 0.228. The molecule has 1 aromatic rings. The van der Waals surface area contributed by atoms with Gasteiger partial charge in [-0.25, -0.2) is 4.98 Å². The van der Waals surface area contributed by atoms with Crippen molar-refractivity contribution in [3.63, 3.8) is 0 Å². The zero-order chi connectivity index (χ0) is 15.0. The van der Waals surface area contributed by atoms with Gasteiger partial charge in [-0.2, -0.15) is 5.10 Å². The minimum Gasteiger partial charge on any atom is -0.465 e. The smallest absolute Gasteiger partial charge is 0.326 e. The fraction of sp³-hybridized carbons (Fsp3) is 0.769. The molecule has 1 heterocycles. The normalized spacial score (nSPS) is 14.2. The molecule has 1 unspecified atom stereocenters. The average Bonchev–Trinajstić information content (AvgIpc) is 2.87. The van der Waals surface area contributed by atoms with Crippen molar-refractivity contribution in [3.8, 4) is 0 Å². The first kappa shape index (κ1) is 17.0. The Morgan fingerprint density at radius 3 is 2.90 bits per heavy atom. The number of aromatic amines is 1. The highest BCUT2D eigenvalue weighted by atomic mass is 32.2. The Morgan fingerprint density at radius 1 is 1.60 bits per heavy atom. The topological polar surface area (TPSA) is 79.9 Å². The molecule has 1 atom stereocenters. The third-order valence-corrected chi connectivity index (χ3v) is 3.75. The van der Waals surface area contributed by atoms with Crippen molar-refractivity contribution in [1.82, 2.24) is 20.5 Å². The van der Waals surface area contributed by atoms with Crippen LogP contribution in [0.15, 0.2) is 11.5 Å². The summed E-state index contributed by atoms with van der Waals surface area (Å²) >= 11 is 1.60. The van der Waals surface area contributed by atoms with E-state index in [1.807, 2.05) is 27.7 Å². The quantitative estimate of drug-likeness (QED) is 0.412. The van der Waals surface area contributed by atoms with Crippen molar-refractivity contribution in [2.45, 2.75) is 57.3 Å². The molecule has 0 aliphatic rings. The monoisotopic (exact) mass is 300 g/mol. The first-order valence-electron chi connectivity index (χ1n) is 6.91. The second-order valence-electron chi connectivity index (χ2n) is 5.09. The summed E-state index contributed by atoms with van der Waals surface area (Å²) in [6.45, 7) is 8.19. The van der Waals surface area contributed by atoms with Gasteiger partial charge < -0.3 is 4.74 Å². The number of carbonyl (C=O) groups is 1. The van der Waals surface area contributed by atoms with Crippen molar-refractivity contribution in [1.29, 1.82) is 0 Å². The molecular weight excluding hydrogens is 276 g/mol.